The van der Waals surface area contributed by atoms with E-state index in [0.29, 0.717) is 11.1 Å². The summed E-state index contributed by atoms with van der Waals surface area (Å²) >= 11 is 3.37. The number of benzene rings is 2. The molecule has 0 fully saturated rings. The highest BCUT2D eigenvalue weighted by Gasteiger charge is 2.32. The first-order valence-corrected chi connectivity index (χ1v) is 7.86. The number of halogens is 4. The predicted molar refractivity (Wildman–Crippen MR) is 94.1 cm³/mol. The van der Waals surface area contributed by atoms with Gasteiger partial charge in [-0.2, -0.15) is 0 Å². The maximum atomic E-state index is 12.3. The van der Waals surface area contributed by atoms with E-state index >= 15 is 0 Å². The van der Waals surface area contributed by atoms with Crippen molar-refractivity contribution >= 4 is 22.1 Å². The molecule has 0 saturated heterocycles. The zero-order valence-electron chi connectivity index (χ0n) is 12.9. The van der Waals surface area contributed by atoms with E-state index < -0.39 is 11.9 Å². The van der Waals surface area contributed by atoms with Crippen molar-refractivity contribution in [3.8, 4) is 5.75 Å². The molecule has 0 saturated carbocycles. The minimum absolute atomic E-state index is 0.327. The molecule has 0 spiro atoms. The Morgan fingerprint density at radius 2 is 1.72 bits per heavy atom. The second-order valence-corrected chi connectivity index (χ2v) is 5.99. The van der Waals surface area contributed by atoms with Gasteiger partial charge in [0, 0.05) is 23.1 Å². The lowest BCUT2D eigenvalue weighted by molar-refractivity contribution is -0.274. The van der Waals surface area contributed by atoms with E-state index in [4.69, 9.17) is 11.5 Å². The van der Waals surface area contributed by atoms with Gasteiger partial charge in [-0.05, 0) is 35.4 Å². The Hall–Kier alpha value is -2.32. The highest BCUT2D eigenvalue weighted by Crippen LogP contribution is 2.30. The first-order chi connectivity index (χ1) is 11.7. The number of ether oxygens (including phenoxy) is 1. The van der Waals surface area contributed by atoms with E-state index in [1.807, 2.05) is 6.07 Å². The lowest BCUT2D eigenvalue weighted by atomic mass is 9.85. The zero-order valence-corrected chi connectivity index (χ0v) is 14.5. The van der Waals surface area contributed by atoms with E-state index in [1.54, 1.807) is 18.2 Å². The number of nitrogens with zero attached hydrogens (tertiary/aromatic N) is 1. The summed E-state index contributed by atoms with van der Waals surface area (Å²) in [5.41, 5.74) is 11.9. The molecule has 0 radical (unpaired) electrons. The molecule has 0 amide bonds. The van der Waals surface area contributed by atoms with Crippen LogP contribution >= 0.6 is 15.9 Å². The Morgan fingerprint density at radius 1 is 1.04 bits per heavy atom. The van der Waals surface area contributed by atoms with Crippen LogP contribution in [0, 0.1) is 0 Å². The number of hydrogen-bond acceptors (Lipinski definition) is 4. The summed E-state index contributed by atoms with van der Waals surface area (Å²) < 4.78 is 41.6. The highest BCUT2D eigenvalue weighted by atomic mass is 79.9. The van der Waals surface area contributed by atoms with Crippen molar-refractivity contribution in [3.05, 3.63) is 76.5 Å². The van der Waals surface area contributed by atoms with Crippen LogP contribution in [-0.2, 0) is 5.54 Å². The molecule has 0 aromatic heterocycles. The van der Waals surface area contributed by atoms with E-state index in [1.165, 1.54) is 42.9 Å². The molecule has 0 aliphatic heterocycles. The predicted octanol–water partition coefficient (Wildman–Crippen LogP) is 4.05. The van der Waals surface area contributed by atoms with Gasteiger partial charge in [0.05, 0.1) is 0 Å². The van der Waals surface area contributed by atoms with Crippen LogP contribution in [0.25, 0.3) is 0 Å². The van der Waals surface area contributed by atoms with Crippen LogP contribution in [0.15, 0.2) is 70.4 Å². The number of nitrogens with two attached hydrogens (primary N) is 2. The number of hydrogen-bond donors (Lipinski definition) is 2. The summed E-state index contributed by atoms with van der Waals surface area (Å²) in [6, 6.07) is 12.6. The normalized spacial score (nSPS) is 14.8. The first kappa shape index (κ1) is 19.0. The molecule has 4 nitrogen and oxygen atoms in total. The van der Waals surface area contributed by atoms with Gasteiger partial charge in [-0.1, -0.05) is 40.2 Å². The van der Waals surface area contributed by atoms with Crippen molar-refractivity contribution in [2.75, 3.05) is 0 Å². The van der Waals surface area contributed by atoms with Crippen LogP contribution in [0.4, 0.5) is 13.2 Å². The molecule has 2 rings (SSSR count). The zero-order chi connectivity index (χ0) is 18.5. The number of aliphatic imine (C=N–C) groups is 1. The molecular weight excluding hydrogens is 399 g/mol. The average molecular weight is 414 g/mol. The highest BCUT2D eigenvalue weighted by molar-refractivity contribution is 9.10. The average Bonchev–Trinajstić information content (AvgIpc) is 2.54. The molecule has 8 heteroatoms. The van der Waals surface area contributed by atoms with Crippen LogP contribution in [0.1, 0.15) is 11.1 Å². The van der Waals surface area contributed by atoms with E-state index in [-0.39, 0.29) is 5.75 Å². The quantitative estimate of drug-likeness (QED) is 0.726. The Bertz CT molecular complexity index is 775. The third-order valence-electron chi connectivity index (χ3n) is 3.32. The van der Waals surface area contributed by atoms with Gasteiger partial charge < -0.3 is 16.2 Å². The standard InChI is InChI=1S/C17H15BrF3N3O/c18-14-3-1-2-13(10-14)16(23,11-24-9-8-22)12-4-6-15(7-5-12)25-17(19,20)21/h1-11H,22-23H2/b9-8-,24-11?. The fourth-order valence-electron chi connectivity index (χ4n) is 2.20. The summed E-state index contributed by atoms with van der Waals surface area (Å²) in [4.78, 5) is 4.04. The van der Waals surface area contributed by atoms with Gasteiger partial charge in [-0.15, -0.1) is 13.2 Å². The molecule has 1 unspecified atom stereocenters. The summed E-state index contributed by atoms with van der Waals surface area (Å²) in [6.07, 6.45) is -0.671. The maximum Gasteiger partial charge on any atom is 0.573 e. The molecule has 2 aromatic rings. The van der Waals surface area contributed by atoms with Crippen molar-refractivity contribution in [1.29, 1.82) is 0 Å². The first-order valence-electron chi connectivity index (χ1n) is 7.07. The summed E-state index contributed by atoms with van der Waals surface area (Å²) in [7, 11) is 0. The second-order valence-electron chi connectivity index (χ2n) is 5.07. The van der Waals surface area contributed by atoms with E-state index in [2.05, 4.69) is 25.7 Å². The minimum Gasteiger partial charge on any atom is -0.406 e. The molecule has 0 aliphatic rings. The molecule has 0 bridgehead atoms. The van der Waals surface area contributed by atoms with Gasteiger partial charge in [0.2, 0.25) is 0 Å². The Labute approximate surface area is 151 Å². The molecule has 0 aliphatic carbocycles. The molecule has 2 aromatic carbocycles. The lowest BCUT2D eigenvalue weighted by Crippen LogP contribution is -2.39. The van der Waals surface area contributed by atoms with Crippen LogP contribution in [0.2, 0.25) is 0 Å². The Morgan fingerprint density at radius 3 is 2.28 bits per heavy atom. The van der Waals surface area contributed by atoms with Crippen LogP contribution < -0.4 is 16.2 Å². The topological polar surface area (TPSA) is 73.6 Å². The second kappa shape index (κ2) is 7.71. The lowest BCUT2D eigenvalue weighted by Gasteiger charge is -2.27. The molecule has 0 heterocycles. The van der Waals surface area contributed by atoms with Gasteiger partial charge in [0.1, 0.15) is 11.3 Å². The van der Waals surface area contributed by atoms with Crippen LogP contribution in [-0.4, -0.2) is 12.6 Å². The fraction of sp³-hybridized carbons (Fsp3) is 0.118. The van der Waals surface area contributed by atoms with Gasteiger partial charge >= 0.3 is 6.36 Å². The molecule has 4 N–H and O–H groups in total. The van der Waals surface area contributed by atoms with Crippen LogP contribution in [0.3, 0.4) is 0 Å². The maximum absolute atomic E-state index is 12.3. The smallest absolute Gasteiger partial charge is 0.406 e. The van der Waals surface area contributed by atoms with Crippen molar-refractivity contribution in [2.45, 2.75) is 11.9 Å². The number of alkyl halides is 3. The third kappa shape index (κ3) is 5.07. The monoisotopic (exact) mass is 413 g/mol. The van der Waals surface area contributed by atoms with Gasteiger partial charge in [-0.3, -0.25) is 4.99 Å². The van der Waals surface area contributed by atoms with Crippen molar-refractivity contribution < 1.29 is 17.9 Å². The van der Waals surface area contributed by atoms with Crippen molar-refractivity contribution in [3.63, 3.8) is 0 Å². The van der Waals surface area contributed by atoms with Gasteiger partial charge in [-0.25, -0.2) is 0 Å². The van der Waals surface area contributed by atoms with Crippen molar-refractivity contribution in [2.24, 2.45) is 16.5 Å². The molecule has 132 valence electrons. The summed E-state index contributed by atoms with van der Waals surface area (Å²) in [5, 5.41) is 0. The van der Waals surface area contributed by atoms with Gasteiger partial charge in [0.15, 0.2) is 0 Å². The third-order valence-corrected chi connectivity index (χ3v) is 3.81. The van der Waals surface area contributed by atoms with E-state index in [9.17, 15) is 13.2 Å². The summed E-state index contributed by atoms with van der Waals surface area (Å²) in [6.45, 7) is 0. The number of rotatable bonds is 5. The molecule has 1 atom stereocenters. The Balaban J connectivity index is 2.45. The molecule has 25 heavy (non-hydrogen) atoms. The summed E-state index contributed by atoms with van der Waals surface area (Å²) in [5.74, 6) is -0.327. The fourth-order valence-corrected chi connectivity index (χ4v) is 2.60. The van der Waals surface area contributed by atoms with Crippen LogP contribution in [0.5, 0.6) is 5.75 Å². The van der Waals surface area contributed by atoms with E-state index in [0.717, 1.165) is 4.47 Å². The van der Waals surface area contributed by atoms with Gasteiger partial charge in [0.25, 0.3) is 0 Å². The SMILES string of the molecule is N/C=C\N=CC(N)(c1ccc(OC(F)(F)F)cc1)c1cccc(Br)c1. The Kier molecular flexibility index (Phi) is 5.86. The largest absolute Gasteiger partial charge is 0.573 e. The van der Waals surface area contributed by atoms with Crippen molar-refractivity contribution in [1.82, 2.24) is 0 Å². The minimum atomic E-state index is -4.75. The molecular formula is C17H15BrF3N3O.